The molecule has 12 heavy (non-hydrogen) atoms. The first-order valence-corrected chi connectivity index (χ1v) is 4.62. The van der Waals surface area contributed by atoms with Gasteiger partial charge in [0.1, 0.15) is 0 Å². The maximum absolute atomic E-state index is 11.8. The zero-order valence-electron chi connectivity index (χ0n) is 7.97. The Morgan fingerprint density at radius 2 is 2.17 bits per heavy atom. The lowest BCUT2D eigenvalue weighted by molar-refractivity contribution is -0.145. The highest BCUT2D eigenvalue weighted by Gasteiger charge is 2.43. The second kappa shape index (κ2) is 3.44. The fourth-order valence-corrected chi connectivity index (χ4v) is 1.66. The van der Waals surface area contributed by atoms with Gasteiger partial charge in [-0.05, 0) is 19.8 Å². The van der Waals surface area contributed by atoms with Crippen LogP contribution in [0.5, 0.6) is 0 Å². The third-order valence-electron chi connectivity index (χ3n) is 2.98. The molecule has 2 N–H and O–H groups in total. The summed E-state index contributed by atoms with van der Waals surface area (Å²) in [7, 11) is 1.85. The lowest BCUT2D eigenvalue weighted by atomic mass is 9.68. The summed E-state index contributed by atoms with van der Waals surface area (Å²) < 4.78 is 0. The number of amides is 1. The topological polar surface area (TPSA) is 46.3 Å². The molecule has 1 amide bonds. The van der Waals surface area contributed by atoms with Gasteiger partial charge in [-0.15, -0.1) is 0 Å². The monoisotopic (exact) mass is 170 g/mol. The standard InChI is InChI=1S/C9H18N2O/c1-3-11(2)8(12)9(7-10)5-4-6-9/h3-7,10H2,1-2H3. The Kier molecular flexibility index (Phi) is 2.73. The number of carbonyl (C=O) groups is 1. The van der Waals surface area contributed by atoms with Crippen molar-refractivity contribution in [3.8, 4) is 0 Å². The van der Waals surface area contributed by atoms with Gasteiger partial charge in [0.15, 0.2) is 0 Å². The van der Waals surface area contributed by atoms with Crippen molar-refractivity contribution < 1.29 is 4.79 Å². The number of hydrogen-bond donors (Lipinski definition) is 1. The van der Waals surface area contributed by atoms with Gasteiger partial charge in [0, 0.05) is 20.1 Å². The zero-order chi connectivity index (χ0) is 9.19. The summed E-state index contributed by atoms with van der Waals surface area (Å²) in [5.74, 6) is 0.235. The van der Waals surface area contributed by atoms with Crippen molar-refractivity contribution in [1.29, 1.82) is 0 Å². The summed E-state index contributed by atoms with van der Waals surface area (Å²) in [6.07, 6.45) is 3.11. The fourth-order valence-electron chi connectivity index (χ4n) is 1.66. The van der Waals surface area contributed by atoms with Crippen molar-refractivity contribution >= 4 is 5.91 Å². The van der Waals surface area contributed by atoms with Gasteiger partial charge in [0.2, 0.25) is 5.91 Å². The van der Waals surface area contributed by atoms with Crippen LogP contribution in [-0.2, 0) is 4.79 Å². The van der Waals surface area contributed by atoms with Crippen LogP contribution in [0, 0.1) is 5.41 Å². The van der Waals surface area contributed by atoms with Crippen LogP contribution in [0.15, 0.2) is 0 Å². The quantitative estimate of drug-likeness (QED) is 0.674. The number of rotatable bonds is 3. The molecule has 1 saturated carbocycles. The van der Waals surface area contributed by atoms with Gasteiger partial charge in [-0.3, -0.25) is 4.79 Å². The molecule has 3 nitrogen and oxygen atoms in total. The van der Waals surface area contributed by atoms with Crippen molar-refractivity contribution in [3.63, 3.8) is 0 Å². The minimum Gasteiger partial charge on any atom is -0.346 e. The van der Waals surface area contributed by atoms with Gasteiger partial charge in [0.05, 0.1) is 5.41 Å². The number of hydrogen-bond acceptors (Lipinski definition) is 2. The predicted molar refractivity (Wildman–Crippen MR) is 48.6 cm³/mol. The highest BCUT2D eigenvalue weighted by Crippen LogP contribution is 2.41. The molecule has 0 aliphatic heterocycles. The van der Waals surface area contributed by atoms with Gasteiger partial charge in [-0.25, -0.2) is 0 Å². The van der Waals surface area contributed by atoms with Gasteiger partial charge in [-0.2, -0.15) is 0 Å². The van der Waals surface area contributed by atoms with E-state index in [1.165, 1.54) is 0 Å². The van der Waals surface area contributed by atoms with Crippen LogP contribution in [-0.4, -0.2) is 30.9 Å². The molecule has 1 fully saturated rings. The van der Waals surface area contributed by atoms with E-state index in [0.717, 1.165) is 25.8 Å². The Morgan fingerprint density at radius 3 is 2.42 bits per heavy atom. The Hall–Kier alpha value is -0.570. The van der Waals surface area contributed by atoms with E-state index in [1.54, 1.807) is 4.90 Å². The molecule has 1 aliphatic rings. The summed E-state index contributed by atoms with van der Waals surface area (Å²) in [5, 5.41) is 0. The van der Waals surface area contributed by atoms with Gasteiger partial charge in [-0.1, -0.05) is 6.42 Å². The molecule has 3 heteroatoms. The van der Waals surface area contributed by atoms with Gasteiger partial charge < -0.3 is 10.6 Å². The van der Waals surface area contributed by atoms with Crippen LogP contribution in [0.3, 0.4) is 0 Å². The molecule has 0 aromatic rings. The smallest absolute Gasteiger partial charge is 0.229 e. The molecule has 0 spiro atoms. The number of nitrogens with zero attached hydrogens (tertiary/aromatic N) is 1. The van der Waals surface area contributed by atoms with E-state index in [2.05, 4.69) is 0 Å². The van der Waals surface area contributed by atoms with Crippen molar-refractivity contribution in [1.82, 2.24) is 4.90 Å². The molecule has 0 unspecified atom stereocenters. The zero-order valence-corrected chi connectivity index (χ0v) is 7.97. The second-order valence-corrected chi connectivity index (χ2v) is 3.66. The van der Waals surface area contributed by atoms with Crippen molar-refractivity contribution in [2.24, 2.45) is 11.1 Å². The Balaban J connectivity index is 2.60. The van der Waals surface area contributed by atoms with Crippen molar-refractivity contribution in [2.75, 3.05) is 20.1 Å². The molecule has 0 aromatic carbocycles. The second-order valence-electron chi connectivity index (χ2n) is 3.66. The van der Waals surface area contributed by atoms with E-state index in [9.17, 15) is 4.79 Å². The fraction of sp³-hybridized carbons (Fsp3) is 0.889. The number of carbonyl (C=O) groups excluding carboxylic acids is 1. The summed E-state index contributed by atoms with van der Waals surface area (Å²) in [6.45, 7) is 3.28. The molecule has 1 aliphatic carbocycles. The molecular weight excluding hydrogens is 152 g/mol. The molecule has 1 rings (SSSR count). The van der Waals surface area contributed by atoms with Crippen LogP contribution >= 0.6 is 0 Å². The van der Waals surface area contributed by atoms with Gasteiger partial charge in [0.25, 0.3) is 0 Å². The third kappa shape index (κ3) is 1.33. The largest absolute Gasteiger partial charge is 0.346 e. The van der Waals surface area contributed by atoms with Crippen LogP contribution in [0.25, 0.3) is 0 Å². The van der Waals surface area contributed by atoms with E-state index >= 15 is 0 Å². The SMILES string of the molecule is CCN(C)C(=O)C1(CN)CCC1. The number of nitrogens with two attached hydrogens (primary N) is 1. The molecule has 0 atom stereocenters. The summed E-state index contributed by atoms with van der Waals surface area (Å²) in [4.78, 5) is 13.5. The normalized spacial score (nSPS) is 19.9. The van der Waals surface area contributed by atoms with Crippen molar-refractivity contribution in [2.45, 2.75) is 26.2 Å². The maximum atomic E-state index is 11.8. The van der Waals surface area contributed by atoms with Crippen molar-refractivity contribution in [3.05, 3.63) is 0 Å². The highest BCUT2D eigenvalue weighted by atomic mass is 16.2. The molecule has 0 saturated heterocycles. The van der Waals surface area contributed by atoms with Gasteiger partial charge >= 0.3 is 0 Å². The van der Waals surface area contributed by atoms with E-state index in [1.807, 2.05) is 14.0 Å². The Labute approximate surface area is 73.9 Å². The molecule has 0 bridgehead atoms. The Bertz CT molecular complexity index is 170. The summed E-state index contributed by atoms with van der Waals surface area (Å²) in [6, 6.07) is 0. The first-order valence-electron chi connectivity index (χ1n) is 4.62. The van der Waals surface area contributed by atoms with Crippen LogP contribution in [0.2, 0.25) is 0 Å². The van der Waals surface area contributed by atoms with E-state index in [0.29, 0.717) is 6.54 Å². The minimum absolute atomic E-state index is 0.190. The van der Waals surface area contributed by atoms with E-state index < -0.39 is 0 Å². The molecular formula is C9H18N2O. The lowest BCUT2D eigenvalue weighted by Crippen LogP contribution is -2.50. The van der Waals surface area contributed by atoms with Crippen LogP contribution in [0.1, 0.15) is 26.2 Å². The average Bonchev–Trinajstić information content (AvgIpc) is 2.02. The molecule has 0 radical (unpaired) electrons. The van der Waals surface area contributed by atoms with E-state index in [-0.39, 0.29) is 11.3 Å². The van der Waals surface area contributed by atoms with Crippen LogP contribution in [0.4, 0.5) is 0 Å². The Morgan fingerprint density at radius 1 is 1.58 bits per heavy atom. The summed E-state index contributed by atoms with van der Waals surface area (Å²) in [5.41, 5.74) is 5.42. The summed E-state index contributed by atoms with van der Waals surface area (Å²) >= 11 is 0. The maximum Gasteiger partial charge on any atom is 0.229 e. The first-order chi connectivity index (χ1) is 5.66. The predicted octanol–water partition coefficient (Wildman–Crippen LogP) is 0.594. The third-order valence-corrected chi connectivity index (χ3v) is 2.98. The minimum atomic E-state index is -0.190. The first kappa shape index (κ1) is 9.52. The highest BCUT2D eigenvalue weighted by molar-refractivity contribution is 5.83. The van der Waals surface area contributed by atoms with Crippen LogP contribution < -0.4 is 5.73 Å². The molecule has 0 heterocycles. The molecule has 70 valence electrons. The average molecular weight is 170 g/mol. The lowest BCUT2D eigenvalue weighted by Gasteiger charge is -2.41. The molecule has 0 aromatic heterocycles. The van der Waals surface area contributed by atoms with E-state index in [4.69, 9.17) is 5.73 Å².